The Morgan fingerprint density at radius 1 is 1.35 bits per heavy atom. The largest absolute Gasteiger partial charge is 0.399 e. The predicted octanol–water partition coefficient (Wildman–Crippen LogP) is 2.32. The second kappa shape index (κ2) is 5.41. The summed E-state index contributed by atoms with van der Waals surface area (Å²) in [7, 11) is 0. The fourth-order valence-electron chi connectivity index (χ4n) is 2.68. The first-order valence-corrected chi connectivity index (χ1v) is 6.46. The van der Waals surface area contributed by atoms with Crippen LogP contribution >= 0.6 is 0 Å². The van der Waals surface area contributed by atoms with Crippen molar-refractivity contribution in [2.45, 2.75) is 38.6 Å². The SMILES string of the molecule is Cc1cc(N(CCO)C2CCCC2)ccc1N. The molecule has 1 saturated carbocycles. The Bertz CT molecular complexity index is 372. The molecule has 17 heavy (non-hydrogen) atoms. The Balaban J connectivity index is 2.21. The lowest BCUT2D eigenvalue weighted by molar-refractivity contribution is 0.297. The molecule has 0 bridgehead atoms. The van der Waals surface area contributed by atoms with Crippen molar-refractivity contribution in [3.8, 4) is 0 Å². The van der Waals surface area contributed by atoms with E-state index in [1.807, 2.05) is 13.0 Å². The Kier molecular flexibility index (Phi) is 3.89. The molecule has 1 aliphatic rings. The second-order valence-corrected chi connectivity index (χ2v) is 4.90. The van der Waals surface area contributed by atoms with E-state index in [-0.39, 0.29) is 6.61 Å². The van der Waals surface area contributed by atoms with Crippen LogP contribution in [0.25, 0.3) is 0 Å². The van der Waals surface area contributed by atoms with E-state index in [0.717, 1.165) is 11.3 Å². The van der Waals surface area contributed by atoms with Crippen molar-refractivity contribution >= 4 is 11.4 Å². The number of benzene rings is 1. The van der Waals surface area contributed by atoms with Gasteiger partial charge >= 0.3 is 0 Å². The minimum Gasteiger partial charge on any atom is -0.399 e. The molecule has 0 radical (unpaired) electrons. The molecule has 0 heterocycles. The van der Waals surface area contributed by atoms with Crippen molar-refractivity contribution in [1.82, 2.24) is 0 Å². The molecule has 0 unspecified atom stereocenters. The van der Waals surface area contributed by atoms with Crippen molar-refractivity contribution in [2.24, 2.45) is 0 Å². The van der Waals surface area contributed by atoms with Crippen LogP contribution in [-0.4, -0.2) is 24.3 Å². The van der Waals surface area contributed by atoms with Crippen molar-refractivity contribution in [2.75, 3.05) is 23.8 Å². The van der Waals surface area contributed by atoms with Crippen molar-refractivity contribution < 1.29 is 5.11 Å². The number of nitrogens with two attached hydrogens (primary N) is 1. The summed E-state index contributed by atoms with van der Waals surface area (Å²) in [6.45, 7) is 2.96. The van der Waals surface area contributed by atoms with Crippen LogP contribution in [0, 0.1) is 6.92 Å². The number of aliphatic hydroxyl groups is 1. The summed E-state index contributed by atoms with van der Waals surface area (Å²) in [5, 5.41) is 9.22. The highest BCUT2D eigenvalue weighted by Gasteiger charge is 2.22. The molecule has 0 amide bonds. The number of hydrogen-bond acceptors (Lipinski definition) is 3. The van der Waals surface area contributed by atoms with Gasteiger partial charge in [0.2, 0.25) is 0 Å². The quantitative estimate of drug-likeness (QED) is 0.786. The topological polar surface area (TPSA) is 49.5 Å². The lowest BCUT2D eigenvalue weighted by Crippen LogP contribution is -2.35. The maximum Gasteiger partial charge on any atom is 0.0606 e. The molecule has 0 aromatic heterocycles. The molecule has 0 atom stereocenters. The van der Waals surface area contributed by atoms with Gasteiger partial charge in [-0.3, -0.25) is 0 Å². The molecule has 1 aromatic carbocycles. The van der Waals surface area contributed by atoms with E-state index >= 15 is 0 Å². The highest BCUT2D eigenvalue weighted by atomic mass is 16.3. The number of rotatable bonds is 4. The second-order valence-electron chi connectivity index (χ2n) is 4.90. The van der Waals surface area contributed by atoms with Crippen LogP contribution in [0.1, 0.15) is 31.2 Å². The van der Waals surface area contributed by atoms with Crippen LogP contribution in [0.5, 0.6) is 0 Å². The van der Waals surface area contributed by atoms with Gasteiger partial charge in [0.05, 0.1) is 6.61 Å². The van der Waals surface area contributed by atoms with Crippen LogP contribution in [0.3, 0.4) is 0 Å². The first-order valence-electron chi connectivity index (χ1n) is 6.46. The van der Waals surface area contributed by atoms with Crippen LogP contribution in [0.2, 0.25) is 0 Å². The van der Waals surface area contributed by atoms with Gasteiger partial charge in [-0.05, 0) is 43.5 Å². The molecule has 1 aliphatic carbocycles. The summed E-state index contributed by atoms with van der Waals surface area (Å²) in [6.07, 6.45) is 5.09. The highest BCUT2D eigenvalue weighted by molar-refractivity contribution is 5.58. The third-order valence-electron chi connectivity index (χ3n) is 3.69. The molecule has 3 N–H and O–H groups in total. The smallest absolute Gasteiger partial charge is 0.0606 e. The molecule has 0 saturated heterocycles. The van der Waals surface area contributed by atoms with Crippen molar-refractivity contribution in [1.29, 1.82) is 0 Å². The van der Waals surface area contributed by atoms with Gasteiger partial charge in [0.25, 0.3) is 0 Å². The zero-order valence-corrected chi connectivity index (χ0v) is 10.5. The predicted molar refractivity (Wildman–Crippen MR) is 72.3 cm³/mol. The fourth-order valence-corrected chi connectivity index (χ4v) is 2.68. The summed E-state index contributed by atoms with van der Waals surface area (Å²) in [6, 6.07) is 6.74. The molecule has 0 spiro atoms. The van der Waals surface area contributed by atoms with Gasteiger partial charge in [0.15, 0.2) is 0 Å². The zero-order chi connectivity index (χ0) is 12.3. The first-order chi connectivity index (χ1) is 8.22. The average molecular weight is 234 g/mol. The van der Waals surface area contributed by atoms with Crippen molar-refractivity contribution in [3.05, 3.63) is 23.8 Å². The number of hydrogen-bond donors (Lipinski definition) is 2. The molecule has 2 rings (SSSR count). The molecule has 3 nitrogen and oxygen atoms in total. The van der Waals surface area contributed by atoms with E-state index in [9.17, 15) is 5.11 Å². The van der Waals surface area contributed by atoms with Gasteiger partial charge in [-0.1, -0.05) is 12.8 Å². The monoisotopic (exact) mass is 234 g/mol. The number of nitrogens with zero attached hydrogens (tertiary/aromatic N) is 1. The molecular formula is C14H22N2O. The Morgan fingerprint density at radius 2 is 2.06 bits per heavy atom. The lowest BCUT2D eigenvalue weighted by atomic mass is 10.1. The summed E-state index contributed by atoms with van der Waals surface area (Å²) in [5.41, 5.74) is 8.99. The van der Waals surface area contributed by atoms with Gasteiger partial charge < -0.3 is 15.7 Å². The standard InChI is InChI=1S/C14H22N2O/c1-11-10-13(6-7-14(11)15)16(8-9-17)12-4-2-3-5-12/h6-7,10,12,17H,2-5,8-9,15H2,1H3. The Hall–Kier alpha value is -1.22. The van der Waals surface area contributed by atoms with Gasteiger partial charge in [-0.15, -0.1) is 0 Å². The van der Waals surface area contributed by atoms with Crippen LogP contribution in [-0.2, 0) is 0 Å². The van der Waals surface area contributed by atoms with Crippen molar-refractivity contribution in [3.63, 3.8) is 0 Å². The van der Waals surface area contributed by atoms with Crippen LogP contribution < -0.4 is 10.6 Å². The summed E-state index contributed by atoms with van der Waals surface area (Å²) < 4.78 is 0. The minimum absolute atomic E-state index is 0.208. The molecular weight excluding hydrogens is 212 g/mol. The minimum atomic E-state index is 0.208. The Labute approximate surface area is 103 Å². The van der Waals surface area contributed by atoms with Crippen LogP contribution in [0.4, 0.5) is 11.4 Å². The highest BCUT2D eigenvalue weighted by Crippen LogP contribution is 2.29. The molecule has 3 heteroatoms. The lowest BCUT2D eigenvalue weighted by Gasteiger charge is -2.31. The molecule has 0 aliphatic heterocycles. The molecule has 1 aromatic rings. The van der Waals surface area contributed by atoms with Gasteiger partial charge in [0, 0.05) is 24.0 Å². The first kappa shape index (κ1) is 12.2. The van der Waals surface area contributed by atoms with E-state index < -0.39 is 0 Å². The average Bonchev–Trinajstić information content (AvgIpc) is 2.83. The Morgan fingerprint density at radius 3 is 2.65 bits per heavy atom. The fraction of sp³-hybridized carbons (Fsp3) is 0.571. The van der Waals surface area contributed by atoms with E-state index in [0.29, 0.717) is 12.6 Å². The zero-order valence-electron chi connectivity index (χ0n) is 10.5. The van der Waals surface area contributed by atoms with Gasteiger partial charge in [-0.2, -0.15) is 0 Å². The van der Waals surface area contributed by atoms with E-state index in [1.54, 1.807) is 0 Å². The third-order valence-corrected chi connectivity index (χ3v) is 3.69. The van der Waals surface area contributed by atoms with Crippen LogP contribution in [0.15, 0.2) is 18.2 Å². The summed E-state index contributed by atoms with van der Waals surface area (Å²) in [5.74, 6) is 0. The third kappa shape index (κ3) is 2.72. The number of anilines is 2. The van der Waals surface area contributed by atoms with E-state index in [2.05, 4.69) is 17.0 Å². The van der Waals surface area contributed by atoms with Gasteiger partial charge in [-0.25, -0.2) is 0 Å². The number of aryl methyl sites for hydroxylation is 1. The van der Waals surface area contributed by atoms with Gasteiger partial charge in [0.1, 0.15) is 0 Å². The van der Waals surface area contributed by atoms with E-state index in [4.69, 9.17) is 5.73 Å². The normalized spacial score (nSPS) is 16.4. The maximum absolute atomic E-state index is 9.22. The molecule has 1 fully saturated rings. The summed E-state index contributed by atoms with van der Waals surface area (Å²) >= 11 is 0. The molecule has 94 valence electrons. The maximum atomic E-state index is 9.22. The number of aliphatic hydroxyl groups excluding tert-OH is 1. The van der Waals surface area contributed by atoms with E-state index in [1.165, 1.54) is 31.4 Å². The summed E-state index contributed by atoms with van der Waals surface area (Å²) in [4.78, 5) is 2.33. The number of nitrogen functional groups attached to an aromatic ring is 1.